The summed E-state index contributed by atoms with van der Waals surface area (Å²) in [4.78, 5) is 20.5. The number of thioether (sulfide) groups is 1. The molecule has 0 unspecified atom stereocenters. The fourth-order valence-corrected chi connectivity index (χ4v) is 4.83. The van der Waals surface area contributed by atoms with E-state index in [1.54, 1.807) is 18.4 Å². The monoisotopic (exact) mass is 465 g/mol. The molecule has 1 N–H and O–H groups in total. The highest BCUT2D eigenvalue weighted by Crippen LogP contribution is 2.34. The van der Waals surface area contributed by atoms with E-state index in [0.29, 0.717) is 33.8 Å². The first kappa shape index (κ1) is 20.4. The van der Waals surface area contributed by atoms with Gasteiger partial charge in [0.1, 0.15) is 17.4 Å². The van der Waals surface area contributed by atoms with E-state index in [0.717, 1.165) is 10.6 Å². The minimum Gasteiger partial charge on any atom is -0.495 e. The van der Waals surface area contributed by atoms with E-state index in [9.17, 15) is 9.18 Å². The number of benzene rings is 2. The molecule has 3 heterocycles. The topological polar surface area (TPSA) is 85.7 Å². The molecule has 0 aliphatic heterocycles. The second-order valence-corrected chi connectivity index (χ2v) is 8.64. The van der Waals surface area contributed by atoms with Crippen molar-refractivity contribution in [1.82, 2.24) is 24.7 Å². The van der Waals surface area contributed by atoms with E-state index < -0.39 is 5.82 Å². The Morgan fingerprint density at radius 1 is 1.16 bits per heavy atom. The summed E-state index contributed by atoms with van der Waals surface area (Å²) in [5.41, 5.74) is 0.869. The number of para-hydroxylation sites is 2. The molecule has 5 aromatic rings. The first-order chi connectivity index (χ1) is 15.6. The van der Waals surface area contributed by atoms with Gasteiger partial charge in [0.15, 0.2) is 11.0 Å². The molecule has 0 atom stereocenters. The maximum atomic E-state index is 13.5. The first-order valence-corrected chi connectivity index (χ1v) is 11.4. The Balaban J connectivity index is 1.54. The number of H-pyrrole nitrogens is 1. The third-order valence-corrected chi connectivity index (χ3v) is 6.56. The normalized spacial score (nSPS) is 11.2. The van der Waals surface area contributed by atoms with Gasteiger partial charge in [-0.2, -0.15) is 0 Å². The maximum Gasteiger partial charge on any atom is 0.258 e. The van der Waals surface area contributed by atoms with Crippen molar-refractivity contribution < 1.29 is 9.13 Å². The number of nitrogens with one attached hydrogen (secondary N) is 1. The highest BCUT2D eigenvalue weighted by atomic mass is 32.2. The lowest BCUT2D eigenvalue weighted by Gasteiger charge is -2.13. The lowest BCUT2D eigenvalue weighted by atomic mass is 10.2. The van der Waals surface area contributed by atoms with Gasteiger partial charge in [-0.25, -0.2) is 9.37 Å². The van der Waals surface area contributed by atoms with E-state index in [2.05, 4.69) is 20.2 Å². The van der Waals surface area contributed by atoms with Crippen molar-refractivity contribution >= 4 is 34.0 Å². The zero-order chi connectivity index (χ0) is 22.1. The predicted molar refractivity (Wildman–Crippen MR) is 123 cm³/mol. The largest absolute Gasteiger partial charge is 0.495 e. The van der Waals surface area contributed by atoms with Gasteiger partial charge in [-0.05, 0) is 41.8 Å². The van der Waals surface area contributed by atoms with Gasteiger partial charge in [0.25, 0.3) is 5.56 Å². The van der Waals surface area contributed by atoms with Crippen LogP contribution < -0.4 is 10.3 Å². The van der Waals surface area contributed by atoms with Crippen LogP contribution in [0.3, 0.4) is 0 Å². The molecule has 0 amide bonds. The molecule has 0 saturated heterocycles. The number of aromatic nitrogens is 5. The minimum atomic E-state index is -0.474. The highest BCUT2D eigenvalue weighted by Gasteiger charge is 2.20. The Labute approximate surface area is 189 Å². The molecular weight excluding hydrogens is 449 g/mol. The van der Waals surface area contributed by atoms with Gasteiger partial charge in [0, 0.05) is 0 Å². The predicted octanol–water partition coefficient (Wildman–Crippen LogP) is 4.67. The molecule has 0 bridgehead atoms. The van der Waals surface area contributed by atoms with Crippen molar-refractivity contribution in [3.8, 4) is 22.1 Å². The van der Waals surface area contributed by atoms with Gasteiger partial charge in [0.05, 0.1) is 34.3 Å². The van der Waals surface area contributed by atoms with Crippen molar-refractivity contribution in [3.05, 3.63) is 82.0 Å². The Morgan fingerprint density at radius 3 is 2.84 bits per heavy atom. The molecule has 10 heteroatoms. The molecule has 5 rings (SSSR count). The molecule has 3 aromatic heterocycles. The highest BCUT2D eigenvalue weighted by molar-refractivity contribution is 7.98. The Kier molecular flexibility index (Phi) is 5.46. The summed E-state index contributed by atoms with van der Waals surface area (Å²) in [5, 5.41) is 11.6. The van der Waals surface area contributed by atoms with E-state index >= 15 is 0 Å². The van der Waals surface area contributed by atoms with Gasteiger partial charge in [0.2, 0.25) is 0 Å². The quantitative estimate of drug-likeness (QED) is 0.367. The van der Waals surface area contributed by atoms with Crippen molar-refractivity contribution in [3.63, 3.8) is 0 Å². The third kappa shape index (κ3) is 3.78. The van der Waals surface area contributed by atoms with Crippen molar-refractivity contribution in [1.29, 1.82) is 0 Å². The van der Waals surface area contributed by atoms with Crippen LogP contribution in [0.15, 0.2) is 69.9 Å². The smallest absolute Gasteiger partial charge is 0.258 e. The van der Waals surface area contributed by atoms with Crippen LogP contribution in [0, 0.1) is 5.82 Å². The molecule has 0 aliphatic rings. The number of ether oxygens (including phenoxy) is 1. The second kappa shape index (κ2) is 8.56. The number of fused-ring (bicyclic) bond motifs is 1. The summed E-state index contributed by atoms with van der Waals surface area (Å²) in [6, 6.07) is 15.6. The van der Waals surface area contributed by atoms with Crippen LogP contribution in [-0.2, 0) is 5.75 Å². The second-order valence-electron chi connectivity index (χ2n) is 6.75. The van der Waals surface area contributed by atoms with Crippen LogP contribution in [0.2, 0.25) is 0 Å². The molecule has 0 fully saturated rings. The summed E-state index contributed by atoms with van der Waals surface area (Å²) in [7, 11) is 1.62. The number of aromatic amines is 1. The van der Waals surface area contributed by atoms with Gasteiger partial charge < -0.3 is 9.72 Å². The van der Waals surface area contributed by atoms with E-state index in [1.165, 1.54) is 30.0 Å². The first-order valence-electron chi connectivity index (χ1n) is 9.58. The zero-order valence-electron chi connectivity index (χ0n) is 16.8. The number of halogens is 1. The minimum absolute atomic E-state index is 0.218. The average molecular weight is 466 g/mol. The van der Waals surface area contributed by atoms with Crippen LogP contribution in [0.1, 0.15) is 5.82 Å². The molecule has 7 nitrogen and oxygen atoms in total. The maximum absolute atomic E-state index is 13.5. The zero-order valence-corrected chi connectivity index (χ0v) is 18.4. The molecule has 0 aliphatic carbocycles. The summed E-state index contributed by atoms with van der Waals surface area (Å²) < 4.78 is 21.0. The lowest BCUT2D eigenvalue weighted by molar-refractivity contribution is 0.412. The summed E-state index contributed by atoms with van der Waals surface area (Å²) in [6.07, 6.45) is 0. The molecule has 0 radical (unpaired) electrons. The fraction of sp³-hybridized carbons (Fsp3) is 0.0909. The van der Waals surface area contributed by atoms with Crippen LogP contribution in [0.25, 0.3) is 27.3 Å². The van der Waals surface area contributed by atoms with Crippen molar-refractivity contribution in [2.24, 2.45) is 0 Å². The standard InChI is InChI=1S/C22H16FN5O2S2/c1-30-17-6-3-2-5-16(17)28-20(18-7-4-10-31-18)26-27-22(28)32-12-19-24-15-9-8-13(23)11-14(15)21(29)25-19/h2-11H,12H2,1H3,(H,24,25,29). The Morgan fingerprint density at radius 2 is 2.03 bits per heavy atom. The van der Waals surface area contributed by atoms with Crippen molar-refractivity contribution in [2.45, 2.75) is 10.9 Å². The Hall–Kier alpha value is -3.50. The summed E-state index contributed by atoms with van der Waals surface area (Å²) in [6.45, 7) is 0. The molecule has 160 valence electrons. The van der Waals surface area contributed by atoms with E-state index in [-0.39, 0.29) is 10.9 Å². The van der Waals surface area contributed by atoms with E-state index in [4.69, 9.17) is 4.74 Å². The number of rotatable bonds is 6. The number of hydrogen-bond acceptors (Lipinski definition) is 7. The van der Waals surface area contributed by atoms with Crippen LogP contribution >= 0.6 is 23.1 Å². The fourth-order valence-electron chi connectivity index (χ4n) is 3.32. The number of thiophene rings is 1. The van der Waals surface area contributed by atoms with Crippen LogP contribution in [-0.4, -0.2) is 31.8 Å². The molecule has 2 aromatic carbocycles. The third-order valence-electron chi connectivity index (χ3n) is 4.76. The lowest BCUT2D eigenvalue weighted by Crippen LogP contribution is -2.11. The van der Waals surface area contributed by atoms with Gasteiger partial charge in [-0.1, -0.05) is 30.0 Å². The van der Waals surface area contributed by atoms with E-state index in [1.807, 2.05) is 46.3 Å². The number of nitrogens with zero attached hydrogens (tertiary/aromatic N) is 4. The Bertz CT molecular complexity index is 1460. The van der Waals surface area contributed by atoms with Gasteiger partial charge >= 0.3 is 0 Å². The van der Waals surface area contributed by atoms with Crippen LogP contribution in [0.4, 0.5) is 4.39 Å². The summed E-state index contributed by atoms with van der Waals surface area (Å²) in [5.74, 6) is 1.72. The molecule has 0 spiro atoms. The average Bonchev–Trinajstić information content (AvgIpc) is 3.48. The van der Waals surface area contributed by atoms with Crippen molar-refractivity contribution in [2.75, 3.05) is 7.11 Å². The number of hydrogen-bond donors (Lipinski definition) is 1. The molecule has 0 saturated carbocycles. The number of methoxy groups -OCH3 is 1. The van der Waals surface area contributed by atoms with Crippen LogP contribution in [0.5, 0.6) is 5.75 Å². The molecule has 32 heavy (non-hydrogen) atoms. The van der Waals surface area contributed by atoms with Gasteiger partial charge in [-0.3, -0.25) is 9.36 Å². The SMILES string of the molecule is COc1ccccc1-n1c(SCc2nc3ccc(F)cc3c(=O)[nH]2)nnc1-c1cccs1. The summed E-state index contributed by atoms with van der Waals surface area (Å²) >= 11 is 2.95. The molecular formula is C22H16FN5O2S2. The van der Waals surface area contributed by atoms with Gasteiger partial charge in [-0.15, -0.1) is 21.5 Å².